The third-order valence-electron chi connectivity index (χ3n) is 3.96. The fraction of sp³-hybridized carbons (Fsp3) is 0.550. The van der Waals surface area contributed by atoms with Crippen LogP contribution >= 0.6 is 0 Å². The summed E-state index contributed by atoms with van der Waals surface area (Å²) in [6.45, 7) is 10.0. The van der Waals surface area contributed by atoms with Crippen molar-refractivity contribution in [2.75, 3.05) is 0 Å². The van der Waals surface area contributed by atoms with Crippen molar-refractivity contribution in [3.05, 3.63) is 47.2 Å². The first-order valence-corrected chi connectivity index (χ1v) is 8.85. The Labute approximate surface area is 151 Å². The molecule has 0 saturated heterocycles. The third-order valence-corrected chi connectivity index (χ3v) is 3.96. The van der Waals surface area contributed by atoms with Gasteiger partial charge in [-0.25, -0.2) is 4.79 Å². The van der Waals surface area contributed by atoms with Crippen LogP contribution in [-0.4, -0.2) is 17.7 Å². The Balaban J connectivity index is 2.56. The second-order valence-electron chi connectivity index (χ2n) is 7.44. The molecule has 2 atom stereocenters. The molecule has 1 aromatic rings. The van der Waals surface area contributed by atoms with Gasteiger partial charge in [-0.3, -0.25) is 0 Å². The molecule has 5 nitrogen and oxygen atoms in total. The van der Waals surface area contributed by atoms with Crippen LogP contribution in [0.25, 0.3) is 11.4 Å². The standard InChI is InChI=1S/C20H32N3O2/c1-6-17(21)14(2)7-12-18(22)16-10-8-15(9-11-16)13-23-19(24)25-20(3,4)5/h8-12,14,17,21H,6-7,13,22H2,1-5H3,(H,23,24)/q-1/b18-12+. The van der Waals surface area contributed by atoms with Crippen LogP contribution in [0.4, 0.5) is 4.79 Å². The highest BCUT2D eigenvalue weighted by Crippen LogP contribution is 2.18. The van der Waals surface area contributed by atoms with E-state index < -0.39 is 11.7 Å². The largest absolute Gasteiger partial charge is 0.674 e. The number of rotatable bonds is 7. The Hall–Kier alpha value is -2.01. The highest BCUT2D eigenvalue weighted by Gasteiger charge is 2.15. The maximum atomic E-state index is 11.7. The number of nitrogens with one attached hydrogen (secondary N) is 2. The number of carbonyl (C=O) groups excluding carboxylic acids is 1. The molecule has 2 unspecified atom stereocenters. The summed E-state index contributed by atoms with van der Waals surface area (Å²) in [6.07, 6.45) is 3.23. The van der Waals surface area contributed by atoms with Crippen LogP contribution in [0.3, 0.4) is 0 Å². The topological polar surface area (TPSA) is 88.2 Å². The number of ether oxygens (including phenoxy) is 1. The summed E-state index contributed by atoms with van der Waals surface area (Å²) in [7, 11) is 0. The first-order chi connectivity index (χ1) is 11.6. The summed E-state index contributed by atoms with van der Waals surface area (Å²) in [5.74, 6) is 0.292. The van der Waals surface area contributed by atoms with Crippen molar-refractivity contribution in [2.45, 2.75) is 65.6 Å². The molecule has 4 N–H and O–H groups in total. The molecule has 25 heavy (non-hydrogen) atoms. The van der Waals surface area contributed by atoms with Crippen molar-refractivity contribution in [2.24, 2.45) is 11.7 Å². The lowest BCUT2D eigenvalue weighted by atomic mass is 9.96. The Bertz CT molecular complexity index is 574. The van der Waals surface area contributed by atoms with Crippen molar-refractivity contribution in [1.29, 1.82) is 0 Å². The quantitative estimate of drug-likeness (QED) is 0.738. The molecule has 0 aliphatic heterocycles. The number of hydrogen-bond donors (Lipinski definition) is 2. The number of nitrogens with two attached hydrogens (primary N) is 1. The second-order valence-corrected chi connectivity index (χ2v) is 7.44. The smallest absolute Gasteiger partial charge is 0.407 e. The van der Waals surface area contributed by atoms with Gasteiger partial charge >= 0.3 is 6.09 Å². The second kappa shape index (κ2) is 9.47. The van der Waals surface area contributed by atoms with Gasteiger partial charge in [0.25, 0.3) is 0 Å². The Kier molecular flexibility index (Phi) is 7.97. The Morgan fingerprint density at radius 1 is 1.32 bits per heavy atom. The molecule has 0 aliphatic carbocycles. The van der Waals surface area contributed by atoms with Crippen LogP contribution in [0.15, 0.2) is 30.3 Å². The van der Waals surface area contributed by atoms with Gasteiger partial charge in [0.2, 0.25) is 0 Å². The van der Waals surface area contributed by atoms with E-state index in [9.17, 15) is 4.79 Å². The van der Waals surface area contributed by atoms with Crippen molar-refractivity contribution in [3.63, 3.8) is 0 Å². The molecule has 1 amide bonds. The lowest BCUT2D eigenvalue weighted by Crippen LogP contribution is -2.32. The number of carbonyl (C=O) groups is 1. The zero-order valence-corrected chi connectivity index (χ0v) is 16.1. The number of hydrogen-bond acceptors (Lipinski definition) is 3. The zero-order chi connectivity index (χ0) is 19.0. The predicted octanol–water partition coefficient (Wildman–Crippen LogP) is 4.87. The molecule has 0 aromatic heterocycles. The van der Waals surface area contributed by atoms with Gasteiger partial charge in [-0.05, 0) is 38.3 Å². The van der Waals surface area contributed by atoms with E-state index in [0.717, 1.165) is 29.7 Å². The van der Waals surface area contributed by atoms with Gasteiger partial charge in [0.15, 0.2) is 0 Å². The number of amides is 1. The molecule has 140 valence electrons. The lowest BCUT2D eigenvalue weighted by Gasteiger charge is -2.25. The van der Waals surface area contributed by atoms with Gasteiger partial charge in [-0.2, -0.15) is 0 Å². The van der Waals surface area contributed by atoms with Gasteiger partial charge < -0.3 is 21.5 Å². The average molecular weight is 346 g/mol. The van der Waals surface area contributed by atoms with E-state index in [4.69, 9.17) is 16.2 Å². The Morgan fingerprint density at radius 3 is 2.44 bits per heavy atom. The van der Waals surface area contributed by atoms with Gasteiger partial charge in [-0.15, -0.1) is 6.04 Å². The Morgan fingerprint density at radius 2 is 1.92 bits per heavy atom. The van der Waals surface area contributed by atoms with Crippen molar-refractivity contribution < 1.29 is 9.53 Å². The summed E-state index contributed by atoms with van der Waals surface area (Å²) in [5.41, 5.74) is 16.2. The van der Waals surface area contributed by atoms with Crippen LogP contribution in [0, 0.1) is 5.92 Å². The normalized spacial score (nSPS) is 14.7. The van der Waals surface area contributed by atoms with Crippen LogP contribution in [0.5, 0.6) is 0 Å². The zero-order valence-electron chi connectivity index (χ0n) is 16.1. The molecule has 1 rings (SSSR count). The van der Waals surface area contributed by atoms with Gasteiger partial charge in [0, 0.05) is 12.2 Å². The third kappa shape index (κ3) is 8.07. The highest BCUT2D eigenvalue weighted by atomic mass is 16.6. The molecule has 1 aromatic carbocycles. The fourth-order valence-electron chi connectivity index (χ4n) is 2.30. The number of benzene rings is 1. The molecule has 0 radical (unpaired) electrons. The maximum absolute atomic E-state index is 11.7. The minimum absolute atomic E-state index is 0.0506. The number of allylic oxidation sites excluding steroid dienone is 1. The van der Waals surface area contributed by atoms with E-state index in [1.807, 2.05) is 58.0 Å². The van der Waals surface area contributed by atoms with Gasteiger partial charge in [-0.1, -0.05) is 56.5 Å². The minimum Gasteiger partial charge on any atom is -0.674 e. The monoisotopic (exact) mass is 346 g/mol. The van der Waals surface area contributed by atoms with E-state index in [1.165, 1.54) is 0 Å². The fourth-order valence-corrected chi connectivity index (χ4v) is 2.30. The summed E-state index contributed by atoms with van der Waals surface area (Å²) in [6, 6.07) is 7.72. The molecular formula is C20H32N3O2-. The van der Waals surface area contributed by atoms with E-state index in [2.05, 4.69) is 12.2 Å². The summed E-state index contributed by atoms with van der Waals surface area (Å²) < 4.78 is 5.21. The van der Waals surface area contributed by atoms with E-state index >= 15 is 0 Å². The van der Waals surface area contributed by atoms with E-state index in [-0.39, 0.29) is 6.04 Å². The van der Waals surface area contributed by atoms with Crippen LogP contribution in [0.2, 0.25) is 0 Å². The maximum Gasteiger partial charge on any atom is 0.407 e. The molecule has 0 saturated carbocycles. The predicted molar refractivity (Wildman–Crippen MR) is 104 cm³/mol. The van der Waals surface area contributed by atoms with Crippen LogP contribution in [0.1, 0.15) is 58.6 Å². The molecule has 0 heterocycles. The summed E-state index contributed by atoms with van der Waals surface area (Å²) in [4.78, 5) is 11.7. The highest BCUT2D eigenvalue weighted by molar-refractivity contribution is 5.68. The first-order valence-electron chi connectivity index (χ1n) is 8.85. The molecule has 5 heteroatoms. The molecule has 0 bridgehead atoms. The van der Waals surface area contributed by atoms with Gasteiger partial charge in [0.1, 0.15) is 5.60 Å². The average Bonchev–Trinajstić information content (AvgIpc) is 2.55. The lowest BCUT2D eigenvalue weighted by molar-refractivity contribution is 0.0523. The minimum atomic E-state index is -0.500. The van der Waals surface area contributed by atoms with Crippen LogP contribution in [-0.2, 0) is 11.3 Å². The number of alkyl carbamates (subject to hydrolysis) is 1. The molecule has 0 aliphatic rings. The molecule has 0 spiro atoms. The molecular weight excluding hydrogens is 314 g/mol. The van der Waals surface area contributed by atoms with Crippen molar-refractivity contribution in [1.82, 2.24) is 5.32 Å². The van der Waals surface area contributed by atoms with Crippen LogP contribution < -0.4 is 11.1 Å². The summed E-state index contributed by atoms with van der Waals surface area (Å²) >= 11 is 0. The van der Waals surface area contributed by atoms with Crippen molar-refractivity contribution in [3.8, 4) is 0 Å². The van der Waals surface area contributed by atoms with E-state index in [0.29, 0.717) is 12.5 Å². The van der Waals surface area contributed by atoms with Crippen molar-refractivity contribution >= 4 is 11.8 Å². The first kappa shape index (κ1) is 21.0. The summed E-state index contributed by atoms with van der Waals surface area (Å²) in [5, 5.41) is 2.74. The SMILES string of the molecule is CCC([NH-])C(C)C/C=C(/N)c1ccc(CNC(=O)OC(C)(C)C)cc1. The molecule has 0 fully saturated rings. The van der Waals surface area contributed by atoms with E-state index in [1.54, 1.807) is 0 Å². The van der Waals surface area contributed by atoms with Gasteiger partial charge in [0.05, 0.1) is 0 Å².